The Morgan fingerprint density at radius 3 is 1.21 bits per heavy atom. The van der Waals surface area contributed by atoms with E-state index in [2.05, 4.69) is 111 Å². The van der Waals surface area contributed by atoms with Gasteiger partial charge in [-0.1, -0.05) is 227 Å². The molecule has 0 saturated heterocycles. The van der Waals surface area contributed by atoms with Crippen LogP contribution in [0.4, 0.5) is 0 Å². The van der Waals surface area contributed by atoms with Gasteiger partial charge in [0, 0.05) is 12.8 Å². The van der Waals surface area contributed by atoms with Gasteiger partial charge < -0.3 is 27.9 Å². The maximum Gasteiger partial charge on any atom is 0.306 e. The minimum Gasteiger partial charge on any atom is -0.756 e. The maximum atomic E-state index is 12.7. The lowest BCUT2D eigenvalue weighted by Crippen LogP contribution is -2.37. The number of phosphoric ester groups is 1. The van der Waals surface area contributed by atoms with Crippen molar-refractivity contribution in [1.82, 2.24) is 0 Å². The van der Waals surface area contributed by atoms with Crippen LogP contribution in [0, 0.1) is 0 Å². The third kappa shape index (κ3) is 54.3. The van der Waals surface area contributed by atoms with E-state index in [1.165, 1.54) is 96.3 Å². The summed E-state index contributed by atoms with van der Waals surface area (Å²) in [6, 6.07) is 0. The average Bonchev–Trinajstić information content (AvgIpc) is 3.32. The number of allylic oxidation sites excluding steroid dienone is 16. The molecule has 9 nitrogen and oxygen atoms in total. The number of hydrogen-bond donors (Lipinski definition) is 0. The predicted molar refractivity (Wildman–Crippen MR) is 295 cm³/mol. The van der Waals surface area contributed by atoms with Crippen LogP contribution in [-0.2, 0) is 32.7 Å². The summed E-state index contributed by atoms with van der Waals surface area (Å²) < 4.78 is 34.0. The van der Waals surface area contributed by atoms with Crippen LogP contribution >= 0.6 is 7.82 Å². The Bertz CT molecular complexity index is 1500. The molecule has 0 amide bonds. The summed E-state index contributed by atoms with van der Waals surface area (Å²) in [5.41, 5.74) is 0. The lowest BCUT2D eigenvalue weighted by Gasteiger charge is -2.28. The fraction of sp³-hybridized carbons (Fsp3) is 0.700. The van der Waals surface area contributed by atoms with Gasteiger partial charge in [-0.3, -0.25) is 14.2 Å². The van der Waals surface area contributed by atoms with Crippen molar-refractivity contribution in [2.75, 3.05) is 47.5 Å². The van der Waals surface area contributed by atoms with Crippen molar-refractivity contribution in [1.29, 1.82) is 0 Å². The molecule has 0 aromatic heterocycles. The fourth-order valence-electron chi connectivity index (χ4n) is 7.32. The molecule has 0 bridgehead atoms. The zero-order valence-corrected chi connectivity index (χ0v) is 46.3. The zero-order chi connectivity index (χ0) is 51.3. The normalized spacial score (nSPS) is 14.1. The van der Waals surface area contributed by atoms with Crippen LogP contribution in [0.5, 0.6) is 0 Å². The van der Waals surface area contributed by atoms with Crippen LogP contribution < -0.4 is 4.89 Å². The minimum absolute atomic E-state index is 0.0335. The molecule has 0 aromatic carbocycles. The molecular formula is C60H104NO8P. The van der Waals surface area contributed by atoms with E-state index >= 15 is 0 Å². The van der Waals surface area contributed by atoms with Crippen LogP contribution in [0.3, 0.4) is 0 Å². The number of unbranched alkanes of at least 4 members (excludes halogenated alkanes) is 20. The van der Waals surface area contributed by atoms with Gasteiger partial charge in [-0.25, -0.2) is 0 Å². The zero-order valence-electron chi connectivity index (χ0n) is 45.4. The van der Waals surface area contributed by atoms with Gasteiger partial charge in [-0.2, -0.15) is 0 Å². The van der Waals surface area contributed by atoms with Gasteiger partial charge >= 0.3 is 11.9 Å². The first-order chi connectivity index (χ1) is 34.0. The monoisotopic (exact) mass is 998 g/mol. The summed E-state index contributed by atoms with van der Waals surface area (Å²) in [6.07, 6.45) is 69.0. The van der Waals surface area contributed by atoms with Crippen LogP contribution in [0.25, 0.3) is 0 Å². The van der Waals surface area contributed by atoms with Gasteiger partial charge in [0.05, 0.1) is 27.7 Å². The molecule has 0 fully saturated rings. The molecule has 0 heterocycles. The van der Waals surface area contributed by atoms with Gasteiger partial charge in [0.2, 0.25) is 0 Å². The van der Waals surface area contributed by atoms with E-state index in [9.17, 15) is 19.0 Å². The molecule has 2 unspecified atom stereocenters. The molecule has 0 spiro atoms. The number of rotatable bonds is 50. The Morgan fingerprint density at radius 2 is 0.814 bits per heavy atom. The topological polar surface area (TPSA) is 111 Å². The van der Waals surface area contributed by atoms with E-state index in [0.29, 0.717) is 17.4 Å². The second-order valence-corrected chi connectivity index (χ2v) is 21.0. The van der Waals surface area contributed by atoms with Crippen LogP contribution in [-0.4, -0.2) is 70.0 Å². The van der Waals surface area contributed by atoms with Crippen molar-refractivity contribution >= 4 is 19.8 Å². The number of quaternary nitrogens is 1. The summed E-state index contributed by atoms with van der Waals surface area (Å²) in [5.74, 6) is -0.840. The number of carbonyl (C=O) groups excluding carboxylic acids is 2. The van der Waals surface area contributed by atoms with Gasteiger partial charge in [0.15, 0.2) is 6.10 Å². The highest BCUT2D eigenvalue weighted by molar-refractivity contribution is 7.45. The lowest BCUT2D eigenvalue weighted by atomic mass is 10.0. The lowest BCUT2D eigenvalue weighted by molar-refractivity contribution is -0.870. The number of nitrogens with zero attached hydrogens (tertiary/aromatic N) is 1. The van der Waals surface area contributed by atoms with Crippen LogP contribution in [0.1, 0.15) is 219 Å². The van der Waals surface area contributed by atoms with Gasteiger partial charge in [-0.15, -0.1) is 0 Å². The van der Waals surface area contributed by atoms with E-state index in [0.717, 1.165) is 89.9 Å². The van der Waals surface area contributed by atoms with Crippen molar-refractivity contribution in [2.45, 2.75) is 225 Å². The molecule has 0 saturated carbocycles. The summed E-state index contributed by atoms with van der Waals surface area (Å²) in [7, 11) is 1.16. The molecule has 0 aromatic rings. The summed E-state index contributed by atoms with van der Waals surface area (Å²) in [5, 5.41) is 0. The number of hydrogen-bond acceptors (Lipinski definition) is 8. The highest BCUT2D eigenvalue weighted by Gasteiger charge is 2.21. The molecule has 0 aliphatic rings. The standard InChI is InChI=1S/C60H104NO8P/c1-6-8-10-12-14-16-17-18-19-20-21-22-23-24-25-26-27-28-29-30-31-32-33-34-35-36-37-38-39-40-41-42-43-45-47-49-51-53-60(63)69-58(57-68-70(64,65)67-55-54-61(3,4)5)56-66-59(62)52-50-48-46-44-15-13-11-9-7-2/h8,10,14,16,18-19,21-22,24-25,27-28,30-31,33-34,58H,6-7,9,11-13,15,17,20,23,26,29,32,35-57H2,1-5H3/b10-8-,16-14-,19-18-,22-21-,25-24-,28-27-,31-30-,34-33-. The Hall–Kier alpha value is -3.07. The summed E-state index contributed by atoms with van der Waals surface area (Å²) in [6.45, 7) is 4.09. The summed E-state index contributed by atoms with van der Waals surface area (Å²) >= 11 is 0. The first-order valence-corrected chi connectivity index (χ1v) is 29.4. The van der Waals surface area contributed by atoms with Crippen molar-refractivity contribution in [3.8, 4) is 0 Å². The SMILES string of the molecule is CC/C=C\C/C=C\C/C=C\C/C=C\C/C=C\C/C=C\C/C=C\C/C=C\CCCCCCCCCCCCCCC(=O)OC(COC(=O)CCCCCCCCCCC)COP(=O)([O-])OCC[N+](C)(C)C. The molecule has 0 radical (unpaired) electrons. The number of phosphoric acid groups is 1. The smallest absolute Gasteiger partial charge is 0.306 e. The Balaban J connectivity index is 4.01. The van der Waals surface area contributed by atoms with E-state index in [1.54, 1.807) is 0 Å². The minimum atomic E-state index is -4.63. The van der Waals surface area contributed by atoms with E-state index in [1.807, 2.05) is 21.1 Å². The van der Waals surface area contributed by atoms with E-state index in [4.69, 9.17) is 18.5 Å². The van der Waals surface area contributed by atoms with Gasteiger partial charge in [0.25, 0.3) is 7.82 Å². The van der Waals surface area contributed by atoms with Crippen molar-refractivity contribution < 1.29 is 42.1 Å². The predicted octanol–water partition coefficient (Wildman–Crippen LogP) is 16.6. The largest absolute Gasteiger partial charge is 0.756 e. The molecule has 2 atom stereocenters. The number of esters is 2. The second kappa shape index (κ2) is 50.9. The summed E-state index contributed by atoms with van der Waals surface area (Å²) in [4.78, 5) is 37.6. The molecule has 0 aliphatic carbocycles. The Labute approximate surface area is 430 Å². The van der Waals surface area contributed by atoms with Crippen LogP contribution in [0.15, 0.2) is 97.2 Å². The average molecular weight is 998 g/mol. The third-order valence-corrected chi connectivity index (χ3v) is 12.6. The second-order valence-electron chi connectivity index (χ2n) is 19.6. The van der Waals surface area contributed by atoms with Crippen LogP contribution in [0.2, 0.25) is 0 Å². The quantitative estimate of drug-likeness (QED) is 0.0195. The Morgan fingerprint density at radius 1 is 0.457 bits per heavy atom. The van der Waals surface area contributed by atoms with E-state index < -0.39 is 26.5 Å². The van der Waals surface area contributed by atoms with Gasteiger partial charge in [0.1, 0.15) is 19.8 Å². The van der Waals surface area contributed by atoms with Crippen molar-refractivity contribution in [3.63, 3.8) is 0 Å². The molecule has 0 rings (SSSR count). The van der Waals surface area contributed by atoms with Crippen molar-refractivity contribution in [3.05, 3.63) is 97.2 Å². The van der Waals surface area contributed by atoms with E-state index in [-0.39, 0.29) is 32.0 Å². The van der Waals surface area contributed by atoms with Gasteiger partial charge in [-0.05, 0) is 77.0 Å². The van der Waals surface area contributed by atoms with Crippen molar-refractivity contribution in [2.24, 2.45) is 0 Å². The number of carbonyl (C=O) groups is 2. The first kappa shape index (κ1) is 66.9. The number of likely N-dealkylation sites (N-methyl/N-ethyl adjacent to an activating group) is 1. The molecule has 0 N–H and O–H groups in total. The first-order valence-electron chi connectivity index (χ1n) is 27.9. The highest BCUT2D eigenvalue weighted by atomic mass is 31.2. The third-order valence-electron chi connectivity index (χ3n) is 11.6. The fourth-order valence-corrected chi connectivity index (χ4v) is 8.05. The maximum absolute atomic E-state index is 12.7. The number of ether oxygens (including phenoxy) is 2. The highest BCUT2D eigenvalue weighted by Crippen LogP contribution is 2.38. The molecular weight excluding hydrogens is 894 g/mol. The Kier molecular flexibility index (Phi) is 48.6. The molecule has 402 valence electrons. The molecule has 0 aliphatic heterocycles. The molecule has 10 heteroatoms. The molecule has 70 heavy (non-hydrogen) atoms.